The molecule has 0 saturated carbocycles. The van der Waals surface area contributed by atoms with E-state index in [-0.39, 0.29) is 11.4 Å². The Balaban J connectivity index is 2.07. The summed E-state index contributed by atoms with van der Waals surface area (Å²) in [6.07, 6.45) is 4.18. The summed E-state index contributed by atoms with van der Waals surface area (Å²) in [4.78, 5) is 4.13. The lowest BCUT2D eigenvalue weighted by Crippen LogP contribution is -2.23. The molecule has 2 heterocycles. The Labute approximate surface area is 92.8 Å². The largest absolute Gasteiger partial charge is 0.284 e. The monoisotopic (exact) mass is 238 g/mol. The Morgan fingerprint density at radius 3 is 2.88 bits per heavy atom. The third kappa shape index (κ3) is 2.44. The lowest BCUT2D eigenvalue weighted by atomic mass is 10.4. The molecule has 0 aliphatic carbocycles. The highest BCUT2D eigenvalue weighted by Crippen LogP contribution is 2.05. The van der Waals surface area contributed by atoms with Crippen molar-refractivity contribution in [1.29, 1.82) is 0 Å². The van der Waals surface area contributed by atoms with Gasteiger partial charge in [0.2, 0.25) is 10.0 Å². The zero-order valence-corrected chi connectivity index (χ0v) is 9.11. The summed E-state index contributed by atoms with van der Waals surface area (Å²) < 4.78 is 25.8. The molecule has 7 heteroatoms. The van der Waals surface area contributed by atoms with E-state index >= 15 is 0 Å². The molecule has 2 rings (SSSR count). The van der Waals surface area contributed by atoms with Crippen LogP contribution in [0, 0.1) is 0 Å². The van der Waals surface area contributed by atoms with Gasteiger partial charge in [-0.25, -0.2) is 13.1 Å². The minimum Gasteiger partial charge on any atom is -0.284 e. The first-order valence-corrected chi connectivity index (χ1v) is 6.05. The second-order valence-electron chi connectivity index (χ2n) is 3.08. The number of nitrogens with one attached hydrogen (secondary N) is 2. The minimum absolute atomic E-state index is 0.114. The molecule has 0 radical (unpaired) electrons. The van der Waals surface area contributed by atoms with Crippen molar-refractivity contribution in [2.45, 2.75) is 11.4 Å². The summed E-state index contributed by atoms with van der Waals surface area (Å²) in [5.74, 6) is 0. The topological polar surface area (TPSA) is 87.7 Å². The Kier molecular flexibility index (Phi) is 2.97. The molecular formula is C9H10N4O2S. The lowest BCUT2D eigenvalue weighted by molar-refractivity contribution is 0.580. The van der Waals surface area contributed by atoms with Crippen molar-refractivity contribution < 1.29 is 8.42 Å². The van der Waals surface area contributed by atoms with Crippen LogP contribution < -0.4 is 4.72 Å². The number of hydrogen-bond acceptors (Lipinski definition) is 4. The van der Waals surface area contributed by atoms with E-state index in [0.717, 1.165) is 0 Å². The van der Waals surface area contributed by atoms with Gasteiger partial charge in [-0.3, -0.25) is 10.1 Å². The van der Waals surface area contributed by atoms with Crippen LogP contribution in [0.25, 0.3) is 0 Å². The van der Waals surface area contributed by atoms with Gasteiger partial charge in [0.25, 0.3) is 0 Å². The molecule has 6 nitrogen and oxygen atoms in total. The first kappa shape index (κ1) is 10.8. The summed E-state index contributed by atoms with van der Waals surface area (Å²) in [5, 5.41) is 6.03. The number of aromatic amines is 1. The highest BCUT2D eigenvalue weighted by atomic mass is 32.2. The first-order valence-electron chi connectivity index (χ1n) is 4.57. The predicted octanol–water partition coefficient (Wildman–Crippen LogP) is 0.283. The molecule has 0 aromatic carbocycles. The number of hydrogen-bond donors (Lipinski definition) is 2. The van der Waals surface area contributed by atoms with Gasteiger partial charge in [0, 0.05) is 12.4 Å². The van der Waals surface area contributed by atoms with Gasteiger partial charge in [0.1, 0.15) is 4.90 Å². The van der Waals surface area contributed by atoms with Crippen LogP contribution in [0.2, 0.25) is 0 Å². The number of pyridine rings is 1. The molecule has 2 aromatic rings. The van der Waals surface area contributed by atoms with Gasteiger partial charge in [-0.05, 0) is 12.1 Å². The fourth-order valence-electron chi connectivity index (χ4n) is 1.14. The SMILES string of the molecule is O=S(=O)(NCc1ccccn1)c1cn[nH]c1. The summed E-state index contributed by atoms with van der Waals surface area (Å²) in [7, 11) is -3.50. The molecule has 0 atom stereocenters. The van der Waals surface area contributed by atoms with Crippen molar-refractivity contribution in [3.05, 3.63) is 42.5 Å². The first-order chi connectivity index (χ1) is 7.68. The van der Waals surface area contributed by atoms with Crippen molar-refractivity contribution in [2.24, 2.45) is 0 Å². The van der Waals surface area contributed by atoms with Gasteiger partial charge >= 0.3 is 0 Å². The maximum atomic E-state index is 11.7. The van der Waals surface area contributed by atoms with E-state index in [9.17, 15) is 8.42 Å². The molecule has 0 amide bonds. The summed E-state index contributed by atoms with van der Waals surface area (Å²) in [6.45, 7) is 0.161. The average Bonchev–Trinajstić information content (AvgIpc) is 2.82. The zero-order chi connectivity index (χ0) is 11.4. The van der Waals surface area contributed by atoms with Crippen molar-refractivity contribution in [1.82, 2.24) is 19.9 Å². The van der Waals surface area contributed by atoms with E-state index in [0.29, 0.717) is 5.69 Å². The molecule has 0 saturated heterocycles. The predicted molar refractivity (Wildman–Crippen MR) is 56.9 cm³/mol. The lowest BCUT2D eigenvalue weighted by Gasteiger charge is -2.03. The molecule has 84 valence electrons. The highest BCUT2D eigenvalue weighted by molar-refractivity contribution is 7.89. The standard InChI is InChI=1S/C9H10N4O2S/c14-16(15,9-6-11-12-7-9)13-5-8-3-1-2-4-10-8/h1-4,6-7,13H,5H2,(H,11,12). The van der Waals surface area contributed by atoms with Gasteiger partial charge in [0.15, 0.2) is 0 Å². The van der Waals surface area contributed by atoms with Crippen LogP contribution >= 0.6 is 0 Å². The maximum absolute atomic E-state index is 11.7. The number of rotatable bonds is 4. The van der Waals surface area contributed by atoms with Crippen molar-refractivity contribution in [3.63, 3.8) is 0 Å². The molecule has 0 spiro atoms. The van der Waals surface area contributed by atoms with Gasteiger partial charge < -0.3 is 0 Å². The third-order valence-electron chi connectivity index (χ3n) is 1.95. The Morgan fingerprint density at radius 2 is 2.25 bits per heavy atom. The molecule has 0 fully saturated rings. The second-order valence-corrected chi connectivity index (χ2v) is 4.85. The van der Waals surface area contributed by atoms with Crippen LogP contribution in [-0.4, -0.2) is 23.6 Å². The zero-order valence-electron chi connectivity index (χ0n) is 8.29. The van der Waals surface area contributed by atoms with Gasteiger partial charge in [-0.1, -0.05) is 6.07 Å². The van der Waals surface area contributed by atoms with Crippen LogP contribution in [0.1, 0.15) is 5.69 Å². The summed E-state index contributed by atoms with van der Waals surface area (Å²) in [5.41, 5.74) is 0.662. The van der Waals surface area contributed by atoms with Crippen LogP contribution in [0.15, 0.2) is 41.7 Å². The van der Waals surface area contributed by atoms with E-state index < -0.39 is 10.0 Å². The van der Waals surface area contributed by atoms with E-state index in [1.165, 1.54) is 12.4 Å². The summed E-state index contributed by atoms with van der Waals surface area (Å²) in [6, 6.07) is 5.32. The van der Waals surface area contributed by atoms with Gasteiger partial charge in [-0.2, -0.15) is 5.10 Å². The average molecular weight is 238 g/mol. The van der Waals surface area contributed by atoms with E-state index in [4.69, 9.17) is 0 Å². The number of aromatic nitrogens is 3. The Morgan fingerprint density at radius 1 is 1.38 bits per heavy atom. The second kappa shape index (κ2) is 4.42. The van der Waals surface area contributed by atoms with Crippen LogP contribution in [0.5, 0.6) is 0 Å². The van der Waals surface area contributed by atoms with Crippen molar-refractivity contribution in [3.8, 4) is 0 Å². The smallest absolute Gasteiger partial charge is 0.244 e. The highest BCUT2D eigenvalue weighted by Gasteiger charge is 2.14. The molecule has 0 aliphatic heterocycles. The van der Waals surface area contributed by atoms with Crippen molar-refractivity contribution >= 4 is 10.0 Å². The molecule has 0 bridgehead atoms. The minimum atomic E-state index is -3.50. The molecule has 16 heavy (non-hydrogen) atoms. The normalized spacial score (nSPS) is 11.5. The molecule has 2 N–H and O–H groups in total. The maximum Gasteiger partial charge on any atom is 0.244 e. The Bertz CT molecular complexity index is 536. The van der Waals surface area contributed by atoms with Crippen LogP contribution in [-0.2, 0) is 16.6 Å². The molecule has 0 unspecified atom stereocenters. The number of sulfonamides is 1. The van der Waals surface area contributed by atoms with Crippen LogP contribution in [0.4, 0.5) is 0 Å². The van der Waals surface area contributed by atoms with E-state index in [1.807, 2.05) is 0 Å². The van der Waals surface area contributed by atoms with Gasteiger partial charge in [-0.15, -0.1) is 0 Å². The fourth-order valence-corrected chi connectivity index (χ4v) is 2.04. The fraction of sp³-hybridized carbons (Fsp3) is 0.111. The van der Waals surface area contributed by atoms with E-state index in [1.54, 1.807) is 24.4 Å². The molecular weight excluding hydrogens is 228 g/mol. The quantitative estimate of drug-likeness (QED) is 0.801. The van der Waals surface area contributed by atoms with Gasteiger partial charge in [0.05, 0.1) is 18.4 Å². The third-order valence-corrected chi connectivity index (χ3v) is 3.32. The summed E-state index contributed by atoms with van der Waals surface area (Å²) >= 11 is 0. The molecule has 0 aliphatic rings. The molecule has 2 aromatic heterocycles. The van der Waals surface area contributed by atoms with E-state index in [2.05, 4.69) is 19.9 Å². The number of H-pyrrole nitrogens is 1. The Hall–Kier alpha value is -1.73. The number of nitrogens with zero attached hydrogens (tertiary/aromatic N) is 2. The van der Waals surface area contributed by atoms with Crippen molar-refractivity contribution in [2.75, 3.05) is 0 Å². The van der Waals surface area contributed by atoms with Crippen LogP contribution in [0.3, 0.4) is 0 Å².